The molecule has 0 N–H and O–H groups in total. The lowest BCUT2D eigenvalue weighted by Gasteiger charge is -2.19. The number of hydrogen-bond acceptors (Lipinski definition) is 3. The van der Waals surface area contributed by atoms with Crippen LogP contribution in [0.15, 0.2) is 53.4 Å². The Labute approximate surface area is 137 Å². The maximum atomic E-state index is 12.6. The first-order chi connectivity index (χ1) is 10.3. The second kappa shape index (κ2) is 6.69. The summed E-state index contributed by atoms with van der Waals surface area (Å²) >= 11 is 5.88. The van der Waals surface area contributed by atoms with Crippen LogP contribution in [-0.4, -0.2) is 33.9 Å². The highest BCUT2D eigenvalue weighted by atomic mass is 35.5. The van der Waals surface area contributed by atoms with E-state index in [-0.39, 0.29) is 4.90 Å². The van der Waals surface area contributed by atoms with E-state index in [1.807, 2.05) is 43.3 Å². The topological polar surface area (TPSA) is 40.6 Å². The number of rotatable bonds is 5. The summed E-state index contributed by atoms with van der Waals surface area (Å²) in [5.74, 6) is 0. The Kier molecular flexibility index (Phi) is 5.11. The molecule has 0 amide bonds. The quantitative estimate of drug-likeness (QED) is 0.840. The Hall–Kier alpha value is -1.56. The predicted octanol–water partition coefficient (Wildman–Crippen LogP) is 3.23. The van der Waals surface area contributed by atoms with Crippen molar-refractivity contribution in [3.05, 3.63) is 59.1 Å². The van der Waals surface area contributed by atoms with Crippen molar-refractivity contribution in [2.24, 2.45) is 0 Å². The van der Waals surface area contributed by atoms with Gasteiger partial charge in [-0.2, -0.15) is 4.31 Å². The second-order valence-corrected chi connectivity index (χ2v) is 7.76. The second-order valence-electron chi connectivity index (χ2n) is 5.28. The molecule has 0 unspecified atom stereocenters. The molecule has 0 atom stereocenters. The van der Waals surface area contributed by atoms with Gasteiger partial charge in [0, 0.05) is 38.4 Å². The van der Waals surface area contributed by atoms with Crippen LogP contribution >= 0.6 is 11.6 Å². The first kappa shape index (κ1) is 16.8. The van der Waals surface area contributed by atoms with E-state index in [1.54, 1.807) is 25.2 Å². The van der Waals surface area contributed by atoms with Crippen LogP contribution < -0.4 is 4.90 Å². The van der Waals surface area contributed by atoms with Gasteiger partial charge in [-0.05, 0) is 35.9 Å². The van der Waals surface area contributed by atoms with Crippen LogP contribution in [0.25, 0.3) is 0 Å². The van der Waals surface area contributed by atoms with Crippen LogP contribution in [0.3, 0.4) is 0 Å². The smallest absolute Gasteiger partial charge is 0.243 e. The van der Waals surface area contributed by atoms with Gasteiger partial charge in [-0.15, -0.1) is 0 Å². The Morgan fingerprint density at radius 2 is 1.68 bits per heavy atom. The van der Waals surface area contributed by atoms with E-state index in [0.29, 0.717) is 11.6 Å². The predicted molar refractivity (Wildman–Crippen MR) is 90.9 cm³/mol. The lowest BCUT2D eigenvalue weighted by Crippen LogP contribution is -2.26. The highest BCUT2D eigenvalue weighted by Gasteiger charge is 2.21. The molecule has 0 radical (unpaired) electrons. The summed E-state index contributed by atoms with van der Waals surface area (Å²) in [4.78, 5) is 2.18. The first-order valence-corrected chi connectivity index (χ1v) is 8.60. The summed E-state index contributed by atoms with van der Waals surface area (Å²) in [6.45, 7) is 0.302. The minimum Gasteiger partial charge on any atom is -0.378 e. The molecular weight excluding hydrogens is 320 g/mol. The Morgan fingerprint density at radius 1 is 1.00 bits per heavy atom. The zero-order valence-electron chi connectivity index (χ0n) is 12.8. The van der Waals surface area contributed by atoms with Crippen LogP contribution in [0.2, 0.25) is 5.02 Å². The molecule has 0 heterocycles. The Bertz CT molecular complexity index is 760. The number of nitrogens with zero attached hydrogens (tertiary/aromatic N) is 2. The Morgan fingerprint density at radius 3 is 2.32 bits per heavy atom. The van der Waals surface area contributed by atoms with Gasteiger partial charge in [0.15, 0.2) is 0 Å². The van der Waals surface area contributed by atoms with E-state index in [9.17, 15) is 8.42 Å². The van der Waals surface area contributed by atoms with E-state index < -0.39 is 10.0 Å². The molecule has 0 bridgehead atoms. The highest BCUT2D eigenvalue weighted by Crippen LogP contribution is 2.21. The normalized spacial score (nSPS) is 11.7. The summed E-state index contributed by atoms with van der Waals surface area (Å²) in [5.41, 5.74) is 1.96. The summed E-state index contributed by atoms with van der Waals surface area (Å²) in [6.07, 6.45) is 0. The third kappa shape index (κ3) is 3.80. The molecule has 0 saturated carbocycles. The van der Waals surface area contributed by atoms with Crippen molar-refractivity contribution < 1.29 is 8.42 Å². The van der Waals surface area contributed by atoms with E-state index in [4.69, 9.17) is 11.6 Å². The largest absolute Gasteiger partial charge is 0.378 e. The molecule has 0 fully saturated rings. The van der Waals surface area contributed by atoms with Gasteiger partial charge in [0.05, 0.1) is 4.90 Å². The van der Waals surface area contributed by atoms with Crippen molar-refractivity contribution in [1.29, 1.82) is 0 Å². The average Bonchev–Trinajstić information content (AvgIpc) is 2.47. The summed E-state index contributed by atoms with van der Waals surface area (Å²) in [7, 11) is 1.91. The van der Waals surface area contributed by atoms with E-state index in [2.05, 4.69) is 0 Å². The highest BCUT2D eigenvalue weighted by molar-refractivity contribution is 7.89. The fourth-order valence-electron chi connectivity index (χ4n) is 2.08. The van der Waals surface area contributed by atoms with E-state index in [1.165, 1.54) is 10.4 Å². The number of sulfonamides is 1. The van der Waals surface area contributed by atoms with Gasteiger partial charge >= 0.3 is 0 Å². The Balaban J connectivity index is 2.24. The summed E-state index contributed by atoms with van der Waals surface area (Å²) in [5, 5.41) is 0.407. The van der Waals surface area contributed by atoms with Gasteiger partial charge in [-0.3, -0.25) is 0 Å². The van der Waals surface area contributed by atoms with Crippen molar-refractivity contribution in [2.45, 2.75) is 11.4 Å². The molecule has 4 nitrogen and oxygen atoms in total. The molecule has 0 aliphatic carbocycles. The monoisotopic (exact) mass is 338 g/mol. The first-order valence-electron chi connectivity index (χ1n) is 6.79. The molecule has 0 spiro atoms. The molecule has 0 aliphatic rings. The fourth-order valence-corrected chi connectivity index (χ4v) is 3.54. The molecule has 2 aromatic rings. The summed E-state index contributed by atoms with van der Waals surface area (Å²) < 4.78 is 26.5. The van der Waals surface area contributed by atoms with Crippen molar-refractivity contribution >= 4 is 27.3 Å². The lowest BCUT2D eigenvalue weighted by molar-refractivity contribution is 0.467. The van der Waals surface area contributed by atoms with Crippen molar-refractivity contribution in [1.82, 2.24) is 4.31 Å². The standard InChI is InChI=1S/C16H19ClN2O2S/c1-18(2)15-8-4-6-13(10-15)12-19(3)22(20,21)16-9-5-7-14(17)11-16/h4-11H,12H2,1-3H3. The third-order valence-electron chi connectivity index (χ3n) is 3.34. The van der Waals surface area contributed by atoms with Gasteiger partial charge in [0.1, 0.15) is 0 Å². The molecule has 2 rings (SSSR count). The molecule has 0 aromatic heterocycles. The molecule has 2 aromatic carbocycles. The SMILES string of the molecule is CN(C)c1cccc(CN(C)S(=O)(=O)c2cccc(Cl)c2)c1. The number of halogens is 1. The van der Waals surface area contributed by atoms with Crippen LogP contribution in [0.5, 0.6) is 0 Å². The van der Waals surface area contributed by atoms with Crippen molar-refractivity contribution in [3.63, 3.8) is 0 Å². The van der Waals surface area contributed by atoms with Crippen LogP contribution in [0.4, 0.5) is 5.69 Å². The van der Waals surface area contributed by atoms with Crippen LogP contribution in [0.1, 0.15) is 5.56 Å². The number of anilines is 1. The zero-order valence-corrected chi connectivity index (χ0v) is 14.4. The van der Waals surface area contributed by atoms with Gasteiger partial charge < -0.3 is 4.90 Å². The van der Waals surface area contributed by atoms with Gasteiger partial charge in [-0.25, -0.2) is 8.42 Å². The molecule has 0 aliphatic heterocycles. The maximum absolute atomic E-state index is 12.6. The number of benzene rings is 2. The van der Waals surface area contributed by atoms with E-state index >= 15 is 0 Å². The molecule has 118 valence electrons. The fraction of sp³-hybridized carbons (Fsp3) is 0.250. The molecule has 22 heavy (non-hydrogen) atoms. The van der Waals surface area contributed by atoms with Gasteiger partial charge in [-0.1, -0.05) is 29.8 Å². The minimum absolute atomic E-state index is 0.200. The van der Waals surface area contributed by atoms with Crippen molar-refractivity contribution in [3.8, 4) is 0 Å². The lowest BCUT2D eigenvalue weighted by atomic mass is 10.2. The van der Waals surface area contributed by atoms with E-state index in [0.717, 1.165) is 11.3 Å². The zero-order chi connectivity index (χ0) is 16.3. The minimum atomic E-state index is -3.56. The average molecular weight is 339 g/mol. The van der Waals surface area contributed by atoms with Crippen LogP contribution in [-0.2, 0) is 16.6 Å². The summed E-state index contributed by atoms with van der Waals surface area (Å²) in [6, 6.07) is 14.1. The number of hydrogen-bond donors (Lipinski definition) is 0. The maximum Gasteiger partial charge on any atom is 0.243 e. The third-order valence-corrected chi connectivity index (χ3v) is 5.37. The van der Waals surface area contributed by atoms with Crippen molar-refractivity contribution in [2.75, 3.05) is 26.0 Å². The van der Waals surface area contributed by atoms with Gasteiger partial charge in [0.25, 0.3) is 0 Å². The molecule has 6 heteroatoms. The van der Waals surface area contributed by atoms with Gasteiger partial charge in [0.2, 0.25) is 10.0 Å². The van der Waals surface area contributed by atoms with Crippen LogP contribution in [0, 0.1) is 0 Å². The molecule has 0 saturated heterocycles. The molecular formula is C16H19ClN2O2S.